The number of halogens is 2. The van der Waals surface area contributed by atoms with Gasteiger partial charge in [-0.15, -0.1) is 5.10 Å². The van der Waals surface area contributed by atoms with E-state index in [4.69, 9.17) is 0 Å². The van der Waals surface area contributed by atoms with Crippen LogP contribution in [-0.4, -0.2) is 35.7 Å². The molecule has 1 fully saturated rings. The molecule has 1 aromatic carbocycles. The van der Waals surface area contributed by atoms with Crippen LogP contribution in [0.25, 0.3) is 11.3 Å². The normalized spacial score (nSPS) is 21.7. The van der Waals surface area contributed by atoms with Crippen LogP contribution in [0.4, 0.5) is 20.4 Å². The Morgan fingerprint density at radius 2 is 2.10 bits per heavy atom. The number of hydrogen-bond acceptors (Lipinski definition) is 6. The van der Waals surface area contributed by atoms with Crippen molar-refractivity contribution in [1.82, 2.24) is 25.0 Å². The van der Waals surface area contributed by atoms with Gasteiger partial charge in [0, 0.05) is 17.4 Å². The fraction of sp³-hybridized carbons (Fsp3) is 0.429. The molecule has 0 amide bonds. The number of benzene rings is 1. The van der Waals surface area contributed by atoms with Crippen LogP contribution in [0.3, 0.4) is 0 Å². The zero-order valence-corrected chi connectivity index (χ0v) is 16.9. The lowest BCUT2D eigenvalue weighted by atomic mass is 9.82. The number of aryl methyl sites for hydroxylation is 1. The van der Waals surface area contributed by atoms with Crippen LogP contribution in [0.15, 0.2) is 36.7 Å². The average Bonchev–Trinajstić information content (AvgIpc) is 3.17. The lowest BCUT2D eigenvalue weighted by molar-refractivity contribution is -0.0298. The summed E-state index contributed by atoms with van der Waals surface area (Å²) in [5, 5.41) is 22.3. The molecule has 1 aliphatic carbocycles. The SMILES string of the molecule is Cc1cc(Nc2nccc(C(F)F)n2)cc(-c2cn([C@H]3CCCC[C@]3(C)O)nn2)c1. The molecule has 3 aromatic rings. The number of anilines is 2. The van der Waals surface area contributed by atoms with Crippen LogP contribution in [0.5, 0.6) is 0 Å². The van der Waals surface area contributed by atoms with E-state index in [-0.39, 0.29) is 17.7 Å². The molecule has 2 heterocycles. The van der Waals surface area contributed by atoms with Crippen LogP contribution in [0.1, 0.15) is 56.3 Å². The summed E-state index contributed by atoms with van der Waals surface area (Å²) in [7, 11) is 0. The maximum Gasteiger partial charge on any atom is 0.280 e. The Kier molecular flexibility index (Phi) is 5.46. The van der Waals surface area contributed by atoms with Crippen LogP contribution in [0.2, 0.25) is 0 Å². The zero-order chi connectivity index (χ0) is 21.3. The van der Waals surface area contributed by atoms with Crippen LogP contribution in [0, 0.1) is 6.92 Å². The van der Waals surface area contributed by atoms with E-state index in [9.17, 15) is 13.9 Å². The molecule has 4 rings (SSSR count). The van der Waals surface area contributed by atoms with Gasteiger partial charge in [0.05, 0.1) is 17.8 Å². The minimum Gasteiger partial charge on any atom is -0.388 e. The largest absolute Gasteiger partial charge is 0.388 e. The van der Waals surface area contributed by atoms with Gasteiger partial charge in [-0.1, -0.05) is 18.1 Å². The summed E-state index contributed by atoms with van der Waals surface area (Å²) >= 11 is 0. The van der Waals surface area contributed by atoms with E-state index in [2.05, 4.69) is 25.6 Å². The highest BCUT2D eigenvalue weighted by molar-refractivity contribution is 5.68. The van der Waals surface area contributed by atoms with E-state index in [1.165, 1.54) is 12.3 Å². The summed E-state index contributed by atoms with van der Waals surface area (Å²) in [4.78, 5) is 7.86. The van der Waals surface area contributed by atoms with Crippen molar-refractivity contribution in [3.63, 3.8) is 0 Å². The quantitative estimate of drug-likeness (QED) is 0.635. The Hall–Kier alpha value is -2.94. The zero-order valence-electron chi connectivity index (χ0n) is 16.9. The molecule has 0 aliphatic heterocycles. The molecule has 0 spiro atoms. The van der Waals surface area contributed by atoms with Crippen molar-refractivity contribution in [1.29, 1.82) is 0 Å². The molecule has 0 saturated heterocycles. The van der Waals surface area contributed by atoms with Crippen molar-refractivity contribution < 1.29 is 13.9 Å². The van der Waals surface area contributed by atoms with Crippen molar-refractivity contribution in [3.8, 4) is 11.3 Å². The average molecular weight is 414 g/mol. The summed E-state index contributed by atoms with van der Waals surface area (Å²) in [5.41, 5.74) is 1.97. The third-order valence-corrected chi connectivity index (χ3v) is 5.49. The van der Waals surface area contributed by atoms with E-state index in [1.54, 1.807) is 4.68 Å². The van der Waals surface area contributed by atoms with Gasteiger partial charge in [-0.25, -0.2) is 23.4 Å². The first-order valence-corrected chi connectivity index (χ1v) is 9.96. The van der Waals surface area contributed by atoms with Gasteiger partial charge in [-0.3, -0.25) is 0 Å². The Bertz CT molecular complexity index is 1040. The van der Waals surface area contributed by atoms with Gasteiger partial charge >= 0.3 is 0 Å². The number of rotatable bonds is 5. The molecule has 30 heavy (non-hydrogen) atoms. The molecular weight excluding hydrogens is 390 g/mol. The van der Waals surface area contributed by atoms with Crippen molar-refractivity contribution in [2.45, 2.75) is 57.6 Å². The predicted molar refractivity (Wildman–Crippen MR) is 109 cm³/mol. The van der Waals surface area contributed by atoms with Crippen LogP contribution < -0.4 is 5.32 Å². The molecule has 2 atom stereocenters. The minimum atomic E-state index is -2.66. The van der Waals surface area contributed by atoms with Crippen molar-refractivity contribution in [2.75, 3.05) is 5.32 Å². The number of aromatic nitrogens is 5. The molecule has 1 aliphatic rings. The summed E-state index contributed by atoms with van der Waals surface area (Å²) < 4.78 is 27.5. The Morgan fingerprint density at radius 3 is 2.87 bits per heavy atom. The molecule has 2 N–H and O–H groups in total. The van der Waals surface area contributed by atoms with Gasteiger partial charge in [0.1, 0.15) is 11.4 Å². The van der Waals surface area contributed by atoms with Gasteiger partial charge in [0.25, 0.3) is 6.43 Å². The first-order valence-electron chi connectivity index (χ1n) is 9.96. The maximum absolute atomic E-state index is 12.9. The van der Waals surface area contributed by atoms with E-state index >= 15 is 0 Å². The summed E-state index contributed by atoms with van der Waals surface area (Å²) in [5.74, 6) is 0.103. The molecule has 158 valence electrons. The number of aliphatic hydroxyl groups is 1. The summed E-state index contributed by atoms with van der Waals surface area (Å²) in [6, 6.07) is 6.77. The Balaban J connectivity index is 1.60. The number of hydrogen-bond donors (Lipinski definition) is 2. The lowest BCUT2D eigenvalue weighted by Crippen LogP contribution is -2.39. The van der Waals surface area contributed by atoms with Gasteiger partial charge in [0.2, 0.25) is 5.95 Å². The highest BCUT2D eigenvalue weighted by Crippen LogP contribution is 2.37. The third-order valence-electron chi connectivity index (χ3n) is 5.49. The number of alkyl halides is 2. The van der Waals surface area contributed by atoms with Gasteiger partial charge in [-0.05, 0) is 56.5 Å². The first-order chi connectivity index (χ1) is 14.3. The van der Waals surface area contributed by atoms with Gasteiger partial charge in [-0.2, -0.15) is 0 Å². The smallest absolute Gasteiger partial charge is 0.280 e. The van der Waals surface area contributed by atoms with Gasteiger partial charge < -0.3 is 10.4 Å². The monoisotopic (exact) mass is 414 g/mol. The second-order valence-corrected chi connectivity index (χ2v) is 8.02. The molecule has 0 unspecified atom stereocenters. The van der Waals surface area contributed by atoms with Crippen molar-refractivity contribution in [2.24, 2.45) is 0 Å². The molecule has 9 heteroatoms. The fourth-order valence-electron chi connectivity index (χ4n) is 3.96. The predicted octanol–water partition coefficient (Wildman–Crippen LogP) is 4.59. The fourth-order valence-corrected chi connectivity index (χ4v) is 3.96. The maximum atomic E-state index is 12.9. The highest BCUT2D eigenvalue weighted by Gasteiger charge is 2.36. The van der Waals surface area contributed by atoms with Crippen molar-refractivity contribution in [3.05, 3.63) is 47.9 Å². The summed E-state index contributed by atoms with van der Waals surface area (Å²) in [6.45, 7) is 3.78. The highest BCUT2D eigenvalue weighted by atomic mass is 19.3. The van der Waals surface area contributed by atoms with Crippen molar-refractivity contribution >= 4 is 11.6 Å². The standard InChI is InChI=1S/C21H24F2N6O/c1-13-9-14(11-15(10-13)25-20-24-8-6-16(26-20)19(22)23)17-12-29(28-27-17)18-5-3-4-7-21(18,2)30/h6,8-12,18-19,30H,3-5,7H2,1-2H3,(H,24,25,26)/t18-,21-/m0/s1. The second-order valence-electron chi connectivity index (χ2n) is 8.02. The molecule has 7 nitrogen and oxygen atoms in total. The topological polar surface area (TPSA) is 88.8 Å². The van der Waals surface area contributed by atoms with E-state index < -0.39 is 12.0 Å². The molecular formula is C21H24F2N6O. The second kappa shape index (κ2) is 8.06. The lowest BCUT2D eigenvalue weighted by Gasteiger charge is -2.36. The van der Waals surface area contributed by atoms with Gasteiger partial charge in [0.15, 0.2) is 0 Å². The van der Waals surface area contributed by atoms with E-state index in [0.717, 1.165) is 36.8 Å². The van der Waals surface area contributed by atoms with E-state index in [0.29, 0.717) is 11.4 Å². The molecule has 0 bridgehead atoms. The summed E-state index contributed by atoms with van der Waals surface area (Å²) in [6.07, 6.45) is 4.14. The Morgan fingerprint density at radius 1 is 1.27 bits per heavy atom. The third kappa shape index (κ3) is 4.30. The van der Waals surface area contributed by atoms with E-state index in [1.807, 2.05) is 38.2 Å². The first kappa shape index (κ1) is 20.3. The van der Waals surface area contributed by atoms with Crippen LogP contribution in [-0.2, 0) is 0 Å². The Labute approximate surface area is 173 Å². The molecule has 0 radical (unpaired) electrons. The number of nitrogens with one attached hydrogen (secondary N) is 1. The molecule has 1 saturated carbocycles. The van der Waals surface area contributed by atoms with Crippen LogP contribution >= 0.6 is 0 Å². The minimum absolute atomic E-state index is 0.103. The number of nitrogens with zero attached hydrogens (tertiary/aromatic N) is 5. The molecule has 2 aromatic heterocycles.